The van der Waals surface area contributed by atoms with Crippen molar-refractivity contribution in [3.05, 3.63) is 126 Å². The minimum Gasteiger partial charge on any atom is -0.493 e. The summed E-state index contributed by atoms with van der Waals surface area (Å²) < 4.78 is 29.6. The van der Waals surface area contributed by atoms with E-state index in [0.29, 0.717) is 35.9 Å². The summed E-state index contributed by atoms with van der Waals surface area (Å²) in [5.41, 5.74) is 2.37. The lowest BCUT2D eigenvalue weighted by atomic mass is 10.1. The van der Waals surface area contributed by atoms with E-state index in [2.05, 4.69) is 10.3 Å². The molecule has 0 aliphatic rings. The molecule has 1 N–H and O–H groups in total. The number of amides is 1. The smallest absolute Gasteiger partial charge is 0.339 e. The van der Waals surface area contributed by atoms with Crippen LogP contribution in [-0.2, 0) is 22.4 Å². The fraction of sp³-hybridized carbons (Fsp3) is 0.121. The number of hydrogen-bond donors (Lipinski definition) is 1. The van der Waals surface area contributed by atoms with Crippen LogP contribution in [0.3, 0.4) is 0 Å². The number of methoxy groups -OCH3 is 1. The standard InChI is InChI=1S/C33H27FN2O5/c1-39-33(38)29-4-2-3-5-30(29)36-31(37)18-23-8-15-32(35-21-23)41-28-14-10-24-19-27(13-9-25(24)20-28)40-17-16-22-6-11-26(34)12-7-22/h2-15,19-21H,16-18H2,1H3,(H,36,37). The summed E-state index contributed by atoms with van der Waals surface area (Å²) >= 11 is 0. The van der Waals surface area contributed by atoms with E-state index in [0.717, 1.165) is 22.1 Å². The van der Waals surface area contributed by atoms with Crippen LogP contribution in [0.1, 0.15) is 21.5 Å². The number of fused-ring (bicyclic) bond motifs is 1. The van der Waals surface area contributed by atoms with Crippen LogP contribution in [0, 0.1) is 5.82 Å². The van der Waals surface area contributed by atoms with Crippen molar-refractivity contribution in [3.63, 3.8) is 0 Å². The highest BCUT2D eigenvalue weighted by Crippen LogP contribution is 2.28. The fourth-order valence-electron chi connectivity index (χ4n) is 4.25. The van der Waals surface area contributed by atoms with Gasteiger partial charge in [0.05, 0.1) is 31.4 Å². The van der Waals surface area contributed by atoms with E-state index < -0.39 is 5.97 Å². The lowest BCUT2D eigenvalue weighted by molar-refractivity contribution is -0.115. The Morgan fingerprint density at radius 3 is 2.27 bits per heavy atom. The third-order valence-corrected chi connectivity index (χ3v) is 6.35. The molecule has 0 atom stereocenters. The van der Waals surface area contributed by atoms with Crippen molar-refractivity contribution in [1.29, 1.82) is 0 Å². The number of halogens is 1. The SMILES string of the molecule is COC(=O)c1ccccc1NC(=O)Cc1ccc(Oc2ccc3cc(OCCc4ccc(F)cc4)ccc3c2)nc1. The largest absolute Gasteiger partial charge is 0.493 e. The molecule has 1 aromatic heterocycles. The zero-order valence-electron chi connectivity index (χ0n) is 22.3. The lowest BCUT2D eigenvalue weighted by Crippen LogP contribution is -2.17. The number of para-hydroxylation sites is 1. The van der Waals surface area contributed by atoms with E-state index in [9.17, 15) is 14.0 Å². The third-order valence-electron chi connectivity index (χ3n) is 6.35. The second-order valence-corrected chi connectivity index (χ2v) is 9.26. The quantitative estimate of drug-likeness (QED) is 0.194. The Morgan fingerprint density at radius 2 is 1.54 bits per heavy atom. The Labute approximate surface area is 236 Å². The molecule has 8 heteroatoms. The highest BCUT2D eigenvalue weighted by atomic mass is 19.1. The normalized spacial score (nSPS) is 10.7. The number of hydrogen-bond acceptors (Lipinski definition) is 6. The first kappa shape index (κ1) is 27.3. The molecule has 0 fully saturated rings. The van der Waals surface area contributed by atoms with Gasteiger partial charge in [-0.25, -0.2) is 14.2 Å². The summed E-state index contributed by atoms with van der Waals surface area (Å²) in [6.07, 6.45) is 2.34. The van der Waals surface area contributed by atoms with Gasteiger partial charge in [0.15, 0.2) is 0 Å². The topological polar surface area (TPSA) is 86.8 Å². The molecule has 0 bridgehead atoms. The molecule has 0 spiro atoms. The molecule has 0 unspecified atom stereocenters. The molecule has 0 saturated carbocycles. The van der Waals surface area contributed by atoms with Crippen molar-refractivity contribution in [2.24, 2.45) is 0 Å². The van der Waals surface area contributed by atoms with Gasteiger partial charge in [-0.15, -0.1) is 0 Å². The number of carbonyl (C=O) groups excluding carboxylic acids is 2. The number of nitrogens with zero attached hydrogens (tertiary/aromatic N) is 1. The van der Waals surface area contributed by atoms with Crippen LogP contribution in [-0.4, -0.2) is 30.6 Å². The number of nitrogens with one attached hydrogen (secondary N) is 1. The summed E-state index contributed by atoms with van der Waals surface area (Å²) in [7, 11) is 1.29. The molecule has 4 aromatic carbocycles. The van der Waals surface area contributed by atoms with Gasteiger partial charge in [0.25, 0.3) is 0 Å². The molecule has 7 nitrogen and oxygen atoms in total. The summed E-state index contributed by atoms with van der Waals surface area (Å²) in [5, 5.41) is 4.73. The first-order chi connectivity index (χ1) is 20.0. The van der Waals surface area contributed by atoms with Crippen LogP contribution < -0.4 is 14.8 Å². The Balaban J connectivity index is 1.15. The van der Waals surface area contributed by atoms with Crippen LogP contribution in [0.25, 0.3) is 10.8 Å². The predicted molar refractivity (Wildman–Crippen MR) is 154 cm³/mol. The molecule has 5 aromatic rings. The highest BCUT2D eigenvalue weighted by molar-refractivity contribution is 6.01. The summed E-state index contributed by atoms with van der Waals surface area (Å²) in [4.78, 5) is 28.8. The van der Waals surface area contributed by atoms with Crippen molar-refractivity contribution in [2.75, 3.05) is 19.0 Å². The maximum Gasteiger partial charge on any atom is 0.339 e. The van der Waals surface area contributed by atoms with Gasteiger partial charge in [-0.2, -0.15) is 0 Å². The van der Waals surface area contributed by atoms with Crippen molar-refractivity contribution in [1.82, 2.24) is 4.98 Å². The molecule has 1 amide bonds. The van der Waals surface area contributed by atoms with Gasteiger partial charge in [0.1, 0.15) is 17.3 Å². The molecule has 41 heavy (non-hydrogen) atoms. The van der Waals surface area contributed by atoms with Crippen LogP contribution in [0.4, 0.5) is 10.1 Å². The number of carbonyl (C=O) groups is 2. The van der Waals surface area contributed by atoms with Gasteiger partial charge in [-0.05, 0) is 70.4 Å². The number of pyridine rings is 1. The van der Waals surface area contributed by atoms with Gasteiger partial charge in [0, 0.05) is 18.7 Å². The Morgan fingerprint density at radius 1 is 0.829 bits per heavy atom. The Kier molecular flexibility index (Phi) is 8.49. The summed E-state index contributed by atoms with van der Waals surface area (Å²) in [6, 6.07) is 28.1. The fourth-order valence-corrected chi connectivity index (χ4v) is 4.25. The third kappa shape index (κ3) is 7.24. The predicted octanol–water partition coefficient (Wildman–Crippen LogP) is 6.76. The molecular formula is C33H27FN2O5. The molecule has 0 saturated heterocycles. The number of benzene rings is 4. The van der Waals surface area contributed by atoms with E-state index in [1.165, 1.54) is 19.2 Å². The van der Waals surface area contributed by atoms with Crippen LogP contribution >= 0.6 is 0 Å². The maximum atomic E-state index is 13.1. The van der Waals surface area contributed by atoms with Crippen molar-refractivity contribution >= 4 is 28.3 Å². The van der Waals surface area contributed by atoms with Crippen molar-refractivity contribution in [3.8, 4) is 17.4 Å². The molecule has 5 rings (SSSR count). The minimum absolute atomic E-state index is 0.0765. The number of ether oxygens (including phenoxy) is 3. The second kappa shape index (κ2) is 12.7. The van der Waals surface area contributed by atoms with E-state index >= 15 is 0 Å². The monoisotopic (exact) mass is 550 g/mol. The van der Waals surface area contributed by atoms with Gasteiger partial charge in [-0.1, -0.05) is 42.5 Å². The molecule has 0 aliphatic carbocycles. The Hall–Kier alpha value is -5.24. The number of anilines is 1. The summed E-state index contributed by atoms with van der Waals surface area (Å²) in [5.74, 6) is 0.713. The first-order valence-electron chi connectivity index (χ1n) is 13.0. The second-order valence-electron chi connectivity index (χ2n) is 9.26. The van der Waals surface area contributed by atoms with Crippen LogP contribution in [0.2, 0.25) is 0 Å². The first-order valence-corrected chi connectivity index (χ1v) is 13.0. The summed E-state index contributed by atoms with van der Waals surface area (Å²) in [6.45, 7) is 0.489. The zero-order chi connectivity index (χ0) is 28.6. The van der Waals surface area contributed by atoms with Crippen LogP contribution in [0.15, 0.2) is 103 Å². The van der Waals surface area contributed by atoms with Gasteiger partial charge in [0.2, 0.25) is 11.8 Å². The van der Waals surface area contributed by atoms with E-state index in [1.54, 1.807) is 54.7 Å². The number of rotatable bonds is 10. The highest BCUT2D eigenvalue weighted by Gasteiger charge is 2.14. The molecule has 1 heterocycles. The number of esters is 1. The average Bonchev–Trinajstić information content (AvgIpc) is 2.99. The van der Waals surface area contributed by atoms with Gasteiger partial charge >= 0.3 is 5.97 Å². The Bertz CT molecular complexity index is 1670. The molecular weight excluding hydrogens is 523 g/mol. The van der Waals surface area contributed by atoms with Crippen molar-refractivity contribution < 1.29 is 28.2 Å². The van der Waals surface area contributed by atoms with Crippen LogP contribution in [0.5, 0.6) is 17.4 Å². The molecule has 206 valence electrons. The molecule has 0 aliphatic heterocycles. The minimum atomic E-state index is -0.523. The van der Waals surface area contributed by atoms with E-state index in [4.69, 9.17) is 14.2 Å². The van der Waals surface area contributed by atoms with Gasteiger partial charge in [-0.3, -0.25) is 4.79 Å². The van der Waals surface area contributed by atoms with Crippen molar-refractivity contribution in [2.45, 2.75) is 12.8 Å². The van der Waals surface area contributed by atoms with E-state index in [1.807, 2.05) is 36.4 Å². The maximum absolute atomic E-state index is 13.1. The molecule has 0 radical (unpaired) electrons. The lowest BCUT2D eigenvalue weighted by Gasteiger charge is -2.10. The van der Waals surface area contributed by atoms with Gasteiger partial charge < -0.3 is 19.5 Å². The number of aromatic nitrogens is 1. The zero-order valence-corrected chi connectivity index (χ0v) is 22.3. The van der Waals surface area contributed by atoms with E-state index in [-0.39, 0.29) is 23.7 Å². The average molecular weight is 551 g/mol.